The minimum Gasteiger partial charge on any atom is -0.310 e. The summed E-state index contributed by atoms with van der Waals surface area (Å²) in [6.07, 6.45) is 18.5. The van der Waals surface area contributed by atoms with E-state index in [9.17, 15) is 0 Å². The highest BCUT2D eigenvalue weighted by Crippen LogP contribution is 2.46. The second-order valence-electron chi connectivity index (χ2n) is 22.8. The largest absolute Gasteiger partial charge is 0.310 e. The minimum atomic E-state index is 0.109. The van der Waals surface area contributed by atoms with Gasteiger partial charge in [-0.3, -0.25) is 19.9 Å². The van der Waals surface area contributed by atoms with E-state index in [-0.39, 0.29) is 12.0 Å². The Hall–Kier alpha value is -10.9. The SMILES string of the molecule is C1=CCC(c2ccccc2C2C=Cc3c(c4cc(-c5ccccc5-c5ccccn5)ccc4n3-c3ccc4sc5ccc(-n6c7ccc(-c8ccccc8-c8ccccn8)cc7c7cc(-c8ccccc8-c8ccccn8)ccc76)cc5c4c3)C2)N=C1. The summed E-state index contributed by atoms with van der Waals surface area (Å²) in [6.45, 7) is 0. The van der Waals surface area contributed by atoms with E-state index < -0.39 is 0 Å². The quantitative estimate of drug-likeness (QED) is 0.137. The molecule has 1 aliphatic carbocycles. The number of aliphatic imine (C=N–C) groups is 1. The van der Waals surface area contributed by atoms with E-state index in [1.165, 1.54) is 75.4 Å². The molecule has 0 amide bonds. The predicted octanol–water partition coefficient (Wildman–Crippen LogP) is 20.7. The number of pyridine rings is 3. The van der Waals surface area contributed by atoms with Crippen LogP contribution in [-0.4, -0.2) is 30.3 Å². The first-order valence-corrected chi connectivity index (χ1v) is 30.7. The highest BCUT2D eigenvalue weighted by atomic mass is 32.1. The number of fused-ring (bicyclic) bond motifs is 9. The molecule has 0 fully saturated rings. The fraction of sp³-hybridized carbons (Fsp3) is 0.0500. The molecule has 15 aromatic rings. The molecule has 7 heterocycles. The lowest BCUT2D eigenvalue weighted by Gasteiger charge is -2.24. The van der Waals surface area contributed by atoms with Crippen molar-refractivity contribution in [2.24, 2.45) is 4.99 Å². The van der Waals surface area contributed by atoms with Crippen molar-refractivity contribution in [2.45, 2.75) is 24.8 Å². The van der Waals surface area contributed by atoms with Crippen LogP contribution in [0, 0.1) is 0 Å². The van der Waals surface area contributed by atoms with E-state index in [0.29, 0.717) is 0 Å². The Morgan fingerprint density at radius 1 is 0.391 bits per heavy atom. The first-order valence-electron chi connectivity index (χ1n) is 29.9. The summed E-state index contributed by atoms with van der Waals surface area (Å²) < 4.78 is 7.49. The molecular weight excluding hydrogens is 1080 g/mol. The molecule has 17 rings (SSSR count). The number of hydrogen-bond acceptors (Lipinski definition) is 5. The van der Waals surface area contributed by atoms with E-state index in [2.05, 4.69) is 258 Å². The predicted molar refractivity (Wildman–Crippen MR) is 363 cm³/mol. The summed E-state index contributed by atoms with van der Waals surface area (Å²) in [5.74, 6) is 0.184. The summed E-state index contributed by atoms with van der Waals surface area (Å²) in [5.41, 5.74) is 24.0. The van der Waals surface area contributed by atoms with Crippen molar-refractivity contribution < 1.29 is 0 Å². The number of thiophene rings is 1. The molecule has 410 valence electrons. The summed E-state index contributed by atoms with van der Waals surface area (Å²) >= 11 is 1.86. The molecule has 2 atom stereocenters. The molecule has 0 spiro atoms. The average molecular weight is 1130 g/mol. The van der Waals surface area contributed by atoms with Gasteiger partial charge in [0.25, 0.3) is 0 Å². The smallest absolute Gasteiger partial charge is 0.0786 e. The van der Waals surface area contributed by atoms with Crippen LogP contribution in [0.4, 0.5) is 0 Å². The zero-order chi connectivity index (χ0) is 57.4. The van der Waals surface area contributed by atoms with E-state index in [4.69, 9.17) is 19.9 Å². The Labute approximate surface area is 507 Å². The number of hydrogen-bond donors (Lipinski definition) is 0. The van der Waals surface area contributed by atoms with Crippen LogP contribution in [0.25, 0.3) is 137 Å². The van der Waals surface area contributed by atoms with Crippen LogP contribution in [0.2, 0.25) is 0 Å². The van der Waals surface area contributed by atoms with Crippen molar-refractivity contribution in [3.63, 3.8) is 0 Å². The number of aromatic nitrogens is 5. The van der Waals surface area contributed by atoms with Gasteiger partial charge in [0.15, 0.2) is 0 Å². The van der Waals surface area contributed by atoms with Crippen LogP contribution in [0.5, 0.6) is 0 Å². The zero-order valence-corrected chi connectivity index (χ0v) is 48.2. The molecule has 2 aliphatic rings. The molecule has 9 aromatic carbocycles. The molecule has 87 heavy (non-hydrogen) atoms. The van der Waals surface area contributed by atoms with Gasteiger partial charge >= 0.3 is 0 Å². The van der Waals surface area contributed by atoms with Crippen LogP contribution in [0.15, 0.2) is 284 Å². The van der Waals surface area contributed by atoms with Crippen molar-refractivity contribution in [3.05, 3.63) is 302 Å². The monoisotopic (exact) mass is 1130 g/mol. The van der Waals surface area contributed by atoms with Crippen molar-refractivity contribution in [3.8, 4) is 78.5 Å². The molecule has 0 N–H and O–H groups in total. The van der Waals surface area contributed by atoms with Gasteiger partial charge in [-0.05, 0) is 184 Å². The van der Waals surface area contributed by atoms with Gasteiger partial charge in [-0.15, -0.1) is 11.3 Å². The van der Waals surface area contributed by atoms with Crippen molar-refractivity contribution in [2.75, 3.05) is 0 Å². The highest BCUT2D eigenvalue weighted by Gasteiger charge is 2.28. The third-order valence-corrected chi connectivity index (χ3v) is 19.0. The van der Waals surface area contributed by atoms with Crippen LogP contribution in [-0.2, 0) is 6.42 Å². The Kier molecular flexibility index (Phi) is 12.2. The molecule has 0 bridgehead atoms. The van der Waals surface area contributed by atoms with Crippen LogP contribution in [0.3, 0.4) is 0 Å². The maximum absolute atomic E-state index is 4.96. The van der Waals surface area contributed by atoms with Gasteiger partial charge in [-0.2, -0.15) is 0 Å². The highest BCUT2D eigenvalue weighted by molar-refractivity contribution is 7.25. The van der Waals surface area contributed by atoms with Crippen LogP contribution >= 0.6 is 11.3 Å². The second kappa shape index (κ2) is 21.0. The van der Waals surface area contributed by atoms with Gasteiger partial charge in [0, 0.05) is 101 Å². The number of allylic oxidation sites excluding steroid dienone is 2. The Morgan fingerprint density at radius 2 is 0.851 bits per heavy atom. The van der Waals surface area contributed by atoms with Crippen molar-refractivity contribution >= 4 is 76.5 Å². The van der Waals surface area contributed by atoms with Gasteiger partial charge in [-0.1, -0.05) is 146 Å². The van der Waals surface area contributed by atoms with Crippen molar-refractivity contribution in [1.29, 1.82) is 0 Å². The number of dihydropyridines is 1. The van der Waals surface area contributed by atoms with Gasteiger partial charge in [0.1, 0.15) is 0 Å². The Balaban J connectivity index is 0.830. The lowest BCUT2D eigenvalue weighted by molar-refractivity contribution is 0.709. The molecule has 2 unspecified atom stereocenters. The standard InChI is InChI=1S/C80H54N6S/c1-5-21-61(71-25-9-13-41-81-71)57(17-1)51-29-35-75-65(45-51)66-46-52(58-18-2-6-22-62(58)72-26-10-14-42-82-72)30-36-76(66)85(75)55-33-39-79-69(49-55)70-50-56(34-40-80(70)87-79)86-77-37-31-53(59-19-3-7-23-63(59)73-27-11-15-43-83-73)47-67(77)68-48-54(32-38-78(68)86)60-20-4-8-24-64(60)74-28-12-16-44-84-74/h1-27,29-47,49-50,54,74H,28,48H2. The van der Waals surface area contributed by atoms with Crippen molar-refractivity contribution in [1.82, 2.24) is 24.1 Å². The summed E-state index contributed by atoms with van der Waals surface area (Å²) in [7, 11) is 0. The fourth-order valence-corrected chi connectivity index (χ4v) is 14.9. The third-order valence-electron chi connectivity index (χ3n) is 17.9. The molecule has 0 saturated carbocycles. The van der Waals surface area contributed by atoms with Gasteiger partial charge in [0.2, 0.25) is 0 Å². The third kappa shape index (κ3) is 8.68. The van der Waals surface area contributed by atoms with Gasteiger partial charge in [0.05, 0.1) is 39.7 Å². The number of nitrogens with zero attached hydrogens (tertiary/aromatic N) is 6. The minimum absolute atomic E-state index is 0.109. The molecule has 7 heteroatoms. The Morgan fingerprint density at radius 3 is 1.34 bits per heavy atom. The number of benzene rings is 9. The molecule has 0 saturated heterocycles. The maximum atomic E-state index is 4.96. The van der Waals surface area contributed by atoms with Gasteiger partial charge in [-0.25, -0.2) is 0 Å². The van der Waals surface area contributed by atoms with E-state index in [0.717, 1.165) is 91.3 Å². The molecule has 0 radical (unpaired) electrons. The molecule has 6 nitrogen and oxygen atoms in total. The normalized spacial score (nSPS) is 14.7. The summed E-state index contributed by atoms with van der Waals surface area (Å²) in [5, 5.41) is 6.09. The molecule has 1 aliphatic heterocycles. The second-order valence-corrected chi connectivity index (χ2v) is 23.8. The lowest BCUT2D eigenvalue weighted by Crippen LogP contribution is -2.11. The fourth-order valence-electron chi connectivity index (χ4n) is 13.9. The average Bonchev–Trinajstić information content (AvgIpc) is 1.70. The molecular formula is C80H54N6S. The summed E-state index contributed by atoms with van der Waals surface area (Å²) in [4.78, 5) is 19.4. The maximum Gasteiger partial charge on any atom is 0.0786 e. The summed E-state index contributed by atoms with van der Waals surface area (Å²) in [6, 6.07) is 88.6. The van der Waals surface area contributed by atoms with Crippen LogP contribution in [0.1, 0.15) is 40.8 Å². The zero-order valence-electron chi connectivity index (χ0n) is 47.4. The van der Waals surface area contributed by atoms with E-state index in [1.807, 2.05) is 54.3 Å². The molecule has 6 aromatic heterocycles. The van der Waals surface area contributed by atoms with E-state index in [1.54, 1.807) is 0 Å². The van der Waals surface area contributed by atoms with E-state index >= 15 is 0 Å². The topological polar surface area (TPSA) is 60.9 Å². The van der Waals surface area contributed by atoms with Crippen LogP contribution < -0.4 is 0 Å². The van der Waals surface area contributed by atoms with Gasteiger partial charge < -0.3 is 9.13 Å². The Bertz CT molecular complexity index is 5160. The first kappa shape index (κ1) is 50.6. The first-order chi connectivity index (χ1) is 43.1. The number of rotatable bonds is 10. The lowest BCUT2D eigenvalue weighted by atomic mass is 9.82.